The Bertz CT molecular complexity index is 3350. The van der Waals surface area contributed by atoms with Gasteiger partial charge in [-0.3, -0.25) is 0 Å². The van der Waals surface area contributed by atoms with Crippen LogP contribution in [-0.4, -0.2) is 13.7 Å². The summed E-state index contributed by atoms with van der Waals surface area (Å²) in [5.74, 6) is 0. The van der Waals surface area contributed by atoms with E-state index >= 15 is 0 Å². The number of nitriles is 1. The second-order valence-electron chi connectivity index (χ2n) is 14.0. The summed E-state index contributed by atoms with van der Waals surface area (Å²) in [6.45, 7) is 8.07. The van der Waals surface area contributed by atoms with Crippen LogP contribution in [0.3, 0.4) is 0 Å². The fraction of sp³-hybridized carbons (Fsp3) is 0. The van der Waals surface area contributed by atoms with Gasteiger partial charge < -0.3 is 13.7 Å². The van der Waals surface area contributed by atoms with Crippen LogP contribution >= 0.6 is 0 Å². The lowest BCUT2D eigenvalue weighted by atomic mass is 10.0. The second kappa shape index (κ2) is 11.8. The van der Waals surface area contributed by atoms with Crippen molar-refractivity contribution in [2.24, 2.45) is 0 Å². The minimum Gasteiger partial charge on any atom is -0.319 e. The van der Waals surface area contributed by atoms with Gasteiger partial charge in [0.25, 0.3) is 0 Å². The molecule has 0 atom stereocenters. The molecule has 0 aliphatic carbocycles. The Balaban J connectivity index is 1.10. The minimum atomic E-state index is 0.605. The van der Waals surface area contributed by atoms with Gasteiger partial charge in [0.15, 0.2) is 0 Å². The van der Waals surface area contributed by atoms with Gasteiger partial charge in [-0.05, 0) is 83.9 Å². The molecule has 254 valence electrons. The molecule has 0 saturated heterocycles. The normalized spacial score (nSPS) is 11.6. The predicted octanol–water partition coefficient (Wildman–Crippen LogP) is 13.1. The highest BCUT2D eigenvalue weighted by molar-refractivity contribution is 6.17. The highest BCUT2D eigenvalue weighted by Gasteiger charge is 2.20. The highest BCUT2D eigenvalue weighted by atomic mass is 15.0. The number of rotatable bonds is 4. The molecule has 0 N–H and O–H groups in total. The lowest BCUT2D eigenvalue weighted by Crippen LogP contribution is -1.97. The van der Waals surface area contributed by atoms with Crippen molar-refractivity contribution in [2.45, 2.75) is 0 Å². The molecule has 11 aromatic rings. The van der Waals surface area contributed by atoms with Gasteiger partial charge in [-0.2, -0.15) is 5.26 Å². The molecule has 0 aliphatic heterocycles. The van der Waals surface area contributed by atoms with Crippen molar-refractivity contribution in [1.82, 2.24) is 13.7 Å². The van der Waals surface area contributed by atoms with Gasteiger partial charge >= 0.3 is 0 Å². The van der Waals surface area contributed by atoms with E-state index in [1.165, 1.54) is 10.8 Å². The summed E-state index contributed by atoms with van der Waals surface area (Å²) in [6, 6.07) is 63.6. The Hall–Kier alpha value is -7.86. The third-order valence-corrected chi connectivity index (χ3v) is 11.1. The fourth-order valence-corrected chi connectivity index (χ4v) is 8.73. The smallest absolute Gasteiger partial charge is 0.210 e. The number of hydrogen-bond donors (Lipinski definition) is 0. The van der Waals surface area contributed by atoms with Gasteiger partial charge in [0.2, 0.25) is 5.69 Å². The molecule has 0 fully saturated rings. The SMILES string of the molecule is [C-]#[N+]c1ccc(-c2ccc(-n3c4ccc(C#N)cc4c4c(-n5c6ccccc6c6ccccc65)cccc43)cc2)cc1-n1c2ccccc2c2ccccc21. The fourth-order valence-electron chi connectivity index (χ4n) is 8.73. The van der Waals surface area contributed by atoms with Crippen LogP contribution in [0, 0.1) is 17.9 Å². The molecule has 8 aromatic carbocycles. The van der Waals surface area contributed by atoms with E-state index in [1.54, 1.807) is 0 Å². The molecule has 0 aliphatic rings. The molecular weight excluding hydrogens is 671 g/mol. The number of benzene rings is 8. The number of nitrogens with zero attached hydrogens (tertiary/aromatic N) is 5. The topological polar surface area (TPSA) is 42.9 Å². The summed E-state index contributed by atoms with van der Waals surface area (Å²) in [6.07, 6.45) is 0. The Morgan fingerprint density at radius 3 is 1.49 bits per heavy atom. The Labute approximate surface area is 316 Å². The molecule has 0 radical (unpaired) electrons. The van der Waals surface area contributed by atoms with Crippen LogP contribution < -0.4 is 0 Å². The van der Waals surface area contributed by atoms with E-state index in [9.17, 15) is 5.26 Å². The Morgan fingerprint density at radius 1 is 0.418 bits per heavy atom. The van der Waals surface area contributed by atoms with E-state index in [4.69, 9.17) is 6.57 Å². The number of para-hydroxylation sites is 4. The van der Waals surface area contributed by atoms with E-state index in [0.717, 1.165) is 82.8 Å². The summed E-state index contributed by atoms with van der Waals surface area (Å²) < 4.78 is 6.89. The summed E-state index contributed by atoms with van der Waals surface area (Å²) in [5.41, 5.74) is 12.8. The zero-order valence-electron chi connectivity index (χ0n) is 29.5. The van der Waals surface area contributed by atoms with Crippen LogP contribution in [0.1, 0.15) is 5.56 Å². The first-order valence-corrected chi connectivity index (χ1v) is 18.3. The quantitative estimate of drug-likeness (QED) is 0.169. The van der Waals surface area contributed by atoms with Crippen molar-refractivity contribution in [3.8, 4) is 34.3 Å². The van der Waals surface area contributed by atoms with Gasteiger partial charge in [-0.15, -0.1) is 0 Å². The average Bonchev–Trinajstić information content (AvgIpc) is 3.89. The Morgan fingerprint density at radius 2 is 0.927 bits per heavy atom. The maximum absolute atomic E-state index is 10.0. The summed E-state index contributed by atoms with van der Waals surface area (Å²) >= 11 is 0. The highest BCUT2D eigenvalue weighted by Crippen LogP contribution is 2.41. The molecule has 0 bridgehead atoms. The lowest BCUT2D eigenvalue weighted by Gasteiger charge is -2.14. The van der Waals surface area contributed by atoms with Gasteiger partial charge in [0.1, 0.15) is 0 Å². The van der Waals surface area contributed by atoms with Crippen LogP contribution in [0.2, 0.25) is 0 Å². The van der Waals surface area contributed by atoms with E-state index in [0.29, 0.717) is 11.3 Å². The molecule has 0 spiro atoms. The molecule has 3 aromatic heterocycles. The lowest BCUT2D eigenvalue weighted by molar-refractivity contribution is 1.17. The molecule has 5 nitrogen and oxygen atoms in total. The number of aromatic nitrogens is 3. The van der Waals surface area contributed by atoms with Gasteiger partial charge in [0, 0.05) is 38.0 Å². The average molecular weight is 700 g/mol. The van der Waals surface area contributed by atoms with Gasteiger partial charge in [-0.25, -0.2) is 4.85 Å². The maximum Gasteiger partial charge on any atom is 0.210 e. The minimum absolute atomic E-state index is 0.605. The molecule has 3 heterocycles. The summed E-state index contributed by atoms with van der Waals surface area (Å²) in [4.78, 5) is 3.96. The van der Waals surface area contributed by atoms with Crippen molar-refractivity contribution in [1.29, 1.82) is 5.26 Å². The third-order valence-electron chi connectivity index (χ3n) is 11.1. The molecule has 0 unspecified atom stereocenters. The van der Waals surface area contributed by atoms with E-state index in [1.807, 2.05) is 24.3 Å². The number of fused-ring (bicyclic) bond motifs is 9. The van der Waals surface area contributed by atoms with E-state index < -0.39 is 0 Å². The van der Waals surface area contributed by atoms with Crippen LogP contribution in [0.25, 0.3) is 98.5 Å². The standard InChI is InChI=1S/C50H29N5/c1-52-41-27-24-34(30-49(41)55-44-17-8-4-13-38(44)39-14-5-9-18-45(39)55)33-22-25-35(26-23-33)53-46-28-21-32(31-51)29-40(46)50-47(53)19-10-20-48(50)54-42-15-6-2-11-36(42)37-12-3-7-16-43(37)54/h2-30H. The first-order chi connectivity index (χ1) is 27.2. The molecular formula is C50H29N5. The van der Waals surface area contributed by atoms with E-state index in [-0.39, 0.29) is 0 Å². The molecule has 0 amide bonds. The third kappa shape index (κ3) is 4.45. The van der Waals surface area contributed by atoms with Crippen LogP contribution in [-0.2, 0) is 0 Å². The predicted molar refractivity (Wildman–Crippen MR) is 226 cm³/mol. The second-order valence-corrected chi connectivity index (χ2v) is 14.0. The maximum atomic E-state index is 10.0. The Kier molecular flexibility index (Phi) is 6.61. The molecule has 55 heavy (non-hydrogen) atoms. The molecule has 11 rings (SSSR count). The van der Waals surface area contributed by atoms with Crippen molar-refractivity contribution in [3.05, 3.63) is 193 Å². The van der Waals surface area contributed by atoms with Crippen molar-refractivity contribution in [2.75, 3.05) is 0 Å². The zero-order valence-corrected chi connectivity index (χ0v) is 29.5. The first kappa shape index (κ1) is 30.7. The van der Waals surface area contributed by atoms with Crippen LogP contribution in [0.15, 0.2) is 176 Å². The first-order valence-electron chi connectivity index (χ1n) is 18.3. The van der Waals surface area contributed by atoms with Crippen molar-refractivity contribution >= 4 is 71.1 Å². The monoisotopic (exact) mass is 699 g/mol. The molecule has 5 heteroatoms. The zero-order chi connectivity index (χ0) is 36.6. The largest absolute Gasteiger partial charge is 0.319 e. The van der Waals surface area contributed by atoms with Crippen LogP contribution in [0.5, 0.6) is 0 Å². The van der Waals surface area contributed by atoms with Gasteiger partial charge in [0.05, 0.1) is 62.7 Å². The van der Waals surface area contributed by atoms with Crippen molar-refractivity contribution in [3.63, 3.8) is 0 Å². The van der Waals surface area contributed by atoms with Crippen LogP contribution in [0.4, 0.5) is 5.69 Å². The number of hydrogen-bond acceptors (Lipinski definition) is 1. The van der Waals surface area contributed by atoms with Gasteiger partial charge in [-0.1, -0.05) is 103 Å². The summed E-state index contributed by atoms with van der Waals surface area (Å²) in [5, 5.41) is 16.9. The van der Waals surface area contributed by atoms with Crippen molar-refractivity contribution < 1.29 is 0 Å². The molecule has 0 saturated carbocycles. The summed E-state index contributed by atoms with van der Waals surface area (Å²) in [7, 11) is 0. The van der Waals surface area contributed by atoms with E-state index in [2.05, 4.69) is 176 Å².